The molecule has 1 aromatic heterocycles. The lowest BCUT2D eigenvalue weighted by atomic mass is 10.3. The van der Waals surface area contributed by atoms with Crippen LogP contribution in [0.25, 0.3) is 0 Å². The molecule has 1 aliphatic carbocycles. The predicted molar refractivity (Wildman–Crippen MR) is 52.5 cm³/mol. The molecule has 74 valence electrons. The maximum Gasteiger partial charge on any atom is 0.358 e. The Bertz CT molecular complexity index is 376. The molecule has 1 aliphatic rings. The zero-order chi connectivity index (χ0) is 10.1. The fourth-order valence-electron chi connectivity index (χ4n) is 1.04. The van der Waals surface area contributed by atoms with E-state index in [2.05, 4.69) is 20.9 Å². The molecule has 1 fully saturated rings. The van der Waals surface area contributed by atoms with Crippen LogP contribution in [0.2, 0.25) is 0 Å². The highest BCUT2D eigenvalue weighted by Gasteiger charge is 2.27. The van der Waals surface area contributed by atoms with Crippen molar-refractivity contribution in [2.75, 3.05) is 0 Å². The van der Waals surface area contributed by atoms with Crippen molar-refractivity contribution in [2.24, 2.45) is 0 Å². The number of hydrogen-bond acceptors (Lipinski definition) is 3. The van der Waals surface area contributed by atoms with Crippen LogP contribution in [-0.4, -0.2) is 22.2 Å². The lowest BCUT2D eigenvalue weighted by Gasteiger charge is -2.08. The molecule has 2 rings (SSSR count). The van der Waals surface area contributed by atoms with Gasteiger partial charge in [0.2, 0.25) is 0 Å². The van der Waals surface area contributed by atoms with Gasteiger partial charge in [-0.05, 0) is 34.8 Å². The van der Waals surface area contributed by atoms with Gasteiger partial charge in [-0.15, -0.1) is 0 Å². The summed E-state index contributed by atoms with van der Waals surface area (Å²) in [7, 11) is 0. The van der Waals surface area contributed by atoms with Gasteiger partial charge in [-0.3, -0.25) is 0 Å². The van der Waals surface area contributed by atoms with Crippen molar-refractivity contribution in [2.45, 2.75) is 18.9 Å². The van der Waals surface area contributed by atoms with Gasteiger partial charge < -0.3 is 9.84 Å². The Morgan fingerprint density at radius 3 is 2.93 bits per heavy atom. The average Bonchev–Trinajstić information content (AvgIpc) is 2.91. The monoisotopic (exact) mass is 257 g/mol. The van der Waals surface area contributed by atoms with Crippen LogP contribution >= 0.6 is 15.9 Å². The molecule has 1 saturated carbocycles. The van der Waals surface area contributed by atoms with Gasteiger partial charge in [0.15, 0.2) is 11.4 Å². The molecular weight excluding hydrogens is 250 g/mol. The molecule has 0 unspecified atom stereocenters. The van der Waals surface area contributed by atoms with Gasteiger partial charge in [0, 0.05) is 6.20 Å². The topological polar surface area (TPSA) is 59.4 Å². The van der Waals surface area contributed by atoms with Gasteiger partial charge in [-0.25, -0.2) is 9.78 Å². The van der Waals surface area contributed by atoms with Crippen LogP contribution in [0.3, 0.4) is 0 Å². The summed E-state index contributed by atoms with van der Waals surface area (Å²) in [5, 5.41) is 8.86. The molecule has 4 nitrogen and oxygen atoms in total. The van der Waals surface area contributed by atoms with Crippen LogP contribution in [0.4, 0.5) is 0 Å². The SMILES string of the molecule is O=C(O)c1nccc(Br)c1OC1CC1. The second-order valence-electron chi connectivity index (χ2n) is 3.09. The van der Waals surface area contributed by atoms with E-state index in [1.54, 1.807) is 6.07 Å². The van der Waals surface area contributed by atoms with Crippen LogP contribution in [0.5, 0.6) is 5.75 Å². The van der Waals surface area contributed by atoms with Crippen LogP contribution in [-0.2, 0) is 0 Å². The summed E-state index contributed by atoms with van der Waals surface area (Å²) in [6.07, 6.45) is 3.57. The highest BCUT2D eigenvalue weighted by Crippen LogP contribution is 2.33. The molecule has 0 atom stereocenters. The zero-order valence-electron chi connectivity index (χ0n) is 7.24. The predicted octanol–water partition coefficient (Wildman–Crippen LogP) is 2.08. The van der Waals surface area contributed by atoms with E-state index in [1.807, 2.05) is 0 Å². The quantitative estimate of drug-likeness (QED) is 0.901. The maximum absolute atomic E-state index is 10.8. The summed E-state index contributed by atoms with van der Waals surface area (Å²) in [6, 6.07) is 1.67. The Morgan fingerprint density at radius 1 is 1.64 bits per heavy atom. The number of nitrogens with zero attached hydrogens (tertiary/aromatic N) is 1. The molecule has 0 amide bonds. The third kappa shape index (κ3) is 1.87. The second kappa shape index (κ2) is 3.57. The van der Waals surface area contributed by atoms with Crippen molar-refractivity contribution >= 4 is 21.9 Å². The lowest BCUT2D eigenvalue weighted by molar-refractivity contribution is 0.0684. The van der Waals surface area contributed by atoms with Crippen LogP contribution in [0, 0.1) is 0 Å². The first-order valence-electron chi connectivity index (χ1n) is 4.23. The average molecular weight is 258 g/mol. The normalized spacial score (nSPS) is 15.2. The minimum Gasteiger partial charge on any atom is -0.487 e. The van der Waals surface area contributed by atoms with Crippen LogP contribution in [0.15, 0.2) is 16.7 Å². The molecule has 1 heterocycles. The van der Waals surface area contributed by atoms with Crippen molar-refractivity contribution in [3.05, 3.63) is 22.4 Å². The first-order valence-corrected chi connectivity index (χ1v) is 5.02. The number of carboxylic acid groups (broad SMARTS) is 1. The third-order valence-corrected chi connectivity index (χ3v) is 2.49. The number of hydrogen-bond donors (Lipinski definition) is 1. The van der Waals surface area contributed by atoms with E-state index < -0.39 is 5.97 Å². The van der Waals surface area contributed by atoms with Crippen molar-refractivity contribution in [3.63, 3.8) is 0 Å². The molecule has 0 bridgehead atoms. The van der Waals surface area contributed by atoms with Crippen molar-refractivity contribution in [1.82, 2.24) is 4.98 Å². The number of halogens is 1. The van der Waals surface area contributed by atoms with E-state index in [-0.39, 0.29) is 11.8 Å². The van der Waals surface area contributed by atoms with Crippen molar-refractivity contribution in [1.29, 1.82) is 0 Å². The Balaban J connectivity index is 2.36. The molecule has 0 aromatic carbocycles. The molecule has 0 aliphatic heterocycles. The Morgan fingerprint density at radius 2 is 2.36 bits per heavy atom. The van der Waals surface area contributed by atoms with Crippen molar-refractivity contribution in [3.8, 4) is 5.75 Å². The summed E-state index contributed by atoms with van der Waals surface area (Å²) in [4.78, 5) is 14.6. The lowest BCUT2D eigenvalue weighted by Crippen LogP contribution is -2.07. The van der Waals surface area contributed by atoms with Gasteiger partial charge in [-0.1, -0.05) is 0 Å². The molecule has 0 saturated heterocycles. The Hall–Kier alpha value is -1.10. The summed E-state index contributed by atoms with van der Waals surface area (Å²) in [5.74, 6) is -0.732. The summed E-state index contributed by atoms with van der Waals surface area (Å²) in [5.41, 5.74) is -0.0359. The third-order valence-electron chi connectivity index (χ3n) is 1.87. The highest BCUT2D eigenvalue weighted by molar-refractivity contribution is 9.10. The largest absolute Gasteiger partial charge is 0.487 e. The van der Waals surface area contributed by atoms with E-state index in [1.165, 1.54) is 6.20 Å². The number of pyridine rings is 1. The van der Waals surface area contributed by atoms with Gasteiger partial charge >= 0.3 is 5.97 Å². The fourth-order valence-corrected chi connectivity index (χ4v) is 1.44. The van der Waals surface area contributed by atoms with Crippen LogP contribution < -0.4 is 4.74 Å². The minimum absolute atomic E-state index is 0.0359. The molecule has 1 aromatic rings. The van der Waals surface area contributed by atoms with E-state index in [9.17, 15) is 4.79 Å². The van der Waals surface area contributed by atoms with E-state index in [0.717, 1.165) is 12.8 Å². The van der Waals surface area contributed by atoms with Gasteiger partial charge in [0.25, 0.3) is 0 Å². The molecule has 5 heteroatoms. The molecular formula is C9H8BrNO3. The maximum atomic E-state index is 10.8. The highest BCUT2D eigenvalue weighted by atomic mass is 79.9. The molecule has 14 heavy (non-hydrogen) atoms. The molecule has 1 N–H and O–H groups in total. The van der Waals surface area contributed by atoms with E-state index >= 15 is 0 Å². The van der Waals surface area contributed by atoms with Gasteiger partial charge in [-0.2, -0.15) is 0 Å². The first-order chi connectivity index (χ1) is 6.68. The van der Waals surface area contributed by atoms with Gasteiger partial charge in [0.1, 0.15) is 0 Å². The van der Waals surface area contributed by atoms with E-state index in [0.29, 0.717) is 10.2 Å². The molecule has 0 radical (unpaired) electrons. The first kappa shape index (κ1) is 9.45. The Labute approximate surface area is 89.0 Å². The number of carbonyl (C=O) groups is 1. The number of aromatic carboxylic acids is 1. The minimum atomic E-state index is -1.07. The van der Waals surface area contributed by atoms with Crippen LogP contribution in [0.1, 0.15) is 23.3 Å². The number of ether oxygens (including phenoxy) is 1. The van der Waals surface area contributed by atoms with Gasteiger partial charge in [0.05, 0.1) is 10.6 Å². The Kier molecular flexibility index (Phi) is 2.41. The summed E-state index contributed by atoms with van der Waals surface area (Å²) >= 11 is 3.24. The van der Waals surface area contributed by atoms with Crippen molar-refractivity contribution < 1.29 is 14.6 Å². The standard InChI is InChI=1S/C9H8BrNO3/c10-6-3-4-11-7(9(12)13)8(6)14-5-1-2-5/h3-5H,1-2H2,(H,12,13). The summed E-state index contributed by atoms with van der Waals surface area (Å²) < 4.78 is 6.09. The second-order valence-corrected chi connectivity index (χ2v) is 3.95. The zero-order valence-corrected chi connectivity index (χ0v) is 8.82. The number of aromatic nitrogens is 1. The van der Waals surface area contributed by atoms with E-state index in [4.69, 9.17) is 9.84 Å². The number of carboxylic acids is 1. The summed E-state index contributed by atoms with van der Waals surface area (Å²) in [6.45, 7) is 0. The fraction of sp³-hybridized carbons (Fsp3) is 0.333. The number of rotatable bonds is 3. The molecule has 0 spiro atoms. The smallest absolute Gasteiger partial charge is 0.358 e.